The molecular weight excluding hydrogens is 292 g/mol. The van der Waals surface area contributed by atoms with Gasteiger partial charge in [0, 0.05) is 5.02 Å². The first-order chi connectivity index (χ1) is 9.65. The minimum Gasteiger partial charge on any atom is -0.495 e. The summed E-state index contributed by atoms with van der Waals surface area (Å²) in [7, 11) is 1.64. The molecule has 0 aliphatic carbocycles. The number of thiazole rings is 1. The van der Waals surface area contributed by atoms with Gasteiger partial charge in [0.05, 0.1) is 23.0 Å². The maximum absolute atomic E-state index is 6.03. The molecule has 0 amide bonds. The summed E-state index contributed by atoms with van der Waals surface area (Å²) in [4.78, 5) is 4.58. The summed E-state index contributed by atoms with van der Waals surface area (Å²) in [5.41, 5.74) is 3.02. The fourth-order valence-corrected chi connectivity index (χ4v) is 3.01. The molecule has 1 aromatic heterocycles. The van der Waals surface area contributed by atoms with Crippen molar-refractivity contribution >= 4 is 44.0 Å². The highest BCUT2D eigenvalue weighted by molar-refractivity contribution is 7.22. The number of anilines is 2. The molecule has 1 heterocycles. The Labute approximate surface area is 126 Å². The molecule has 3 nitrogen and oxygen atoms in total. The van der Waals surface area contributed by atoms with Gasteiger partial charge in [-0.3, -0.25) is 0 Å². The SMILES string of the molecule is COc1ccc(Cl)cc1Nc1nc2cc(C)ccc2s1. The van der Waals surface area contributed by atoms with Gasteiger partial charge in [-0.05, 0) is 42.8 Å². The van der Waals surface area contributed by atoms with Crippen LogP contribution in [0.3, 0.4) is 0 Å². The molecule has 0 fully saturated rings. The number of ether oxygens (including phenoxy) is 1. The van der Waals surface area contributed by atoms with Crippen molar-refractivity contribution in [2.45, 2.75) is 6.92 Å². The molecule has 0 saturated heterocycles. The van der Waals surface area contributed by atoms with Crippen molar-refractivity contribution in [1.82, 2.24) is 4.98 Å². The molecule has 0 saturated carbocycles. The molecule has 3 aromatic rings. The topological polar surface area (TPSA) is 34.1 Å². The molecule has 102 valence electrons. The molecule has 20 heavy (non-hydrogen) atoms. The first-order valence-corrected chi connectivity index (χ1v) is 7.33. The standard InChI is InChI=1S/C15H13ClN2OS/c1-9-3-6-14-12(7-9)18-15(20-14)17-11-8-10(16)4-5-13(11)19-2/h3-8H,1-2H3,(H,17,18). The Bertz CT molecular complexity index is 770. The minimum absolute atomic E-state index is 0.658. The summed E-state index contributed by atoms with van der Waals surface area (Å²) in [5, 5.41) is 4.75. The van der Waals surface area contributed by atoms with Crippen LogP contribution in [0.15, 0.2) is 36.4 Å². The fourth-order valence-electron chi connectivity index (χ4n) is 1.98. The highest BCUT2D eigenvalue weighted by atomic mass is 35.5. The van der Waals surface area contributed by atoms with Gasteiger partial charge >= 0.3 is 0 Å². The summed E-state index contributed by atoms with van der Waals surface area (Å²) in [6.07, 6.45) is 0. The van der Waals surface area contributed by atoms with Crippen LogP contribution in [0.25, 0.3) is 10.2 Å². The van der Waals surface area contributed by atoms with Crippen molar-refractivity contribution in [2.75, 3.05) is 12.4 Å². The predicted molar refractivity (Wildman–Crippen MR) is 85.6 cm³/mol. The van der Waals surface area contributed by atoms with E-state index in [1.165, 1.54) is 5.56 Å². The van der Waals surface area contributed by atoms with Crippen molar-refractivity contribution < 1.29 is 4.74 Å². The van der Waals surface area contributed by atoms with Gasteiger partial charge in [-0.2, -0.15) is 0 Å². The van der Waals surface area contributed by atoms with Gasteiger partial charge in [-0.1, -0.05) is 29.0 Å². The van der Waals surface area contributed by atoms with Gasteiger partial charge in [-0.15, -0.1) is 0 Å². The maximum atomic E-state index is 6.03. The number of nitrogens with one attached hydrogen (secondary N) is 1. The molecule has 0 aliphatic heterocycles. The van der Waals surface area contributed by atoms with E-state index < -0.39 is 0 Å². The third-order valence-electron chi connectivity index (χ3n) is 2.95. The zero-order chi connectivity index (χ0) is 14.1. The Hall–Kier alpha value is -1.78. The number of fused-ring (bicyclic) bond motifs is 1. The van der Waals surface area contributed by atoms with E-state index in [1.807, 2.05) is 12.1 Å². The molecule has 0 atom stereocenters. The lowest BCUT2D eigenvalue weighted by Gasteiger charge is -2.08. The van der Waals surface area contributed by atoms with E-state index in [1.54, 1.807) is 24.5 Å². The number of rotatable bonds is 3. The smallest absolute Gasteiger partial charge is 0.188 e. The zero-order valence-electron chi connectivity index (χ0n) is 11.1. The largest absolute Gasteiger partial charge is 0.495 e. The first kappa shape index (κ1) is 13.2. The van der Waals surface area contributed by atoms with E-state index in [4.69, 9.17) is 16.3 Å². The van der Waals surface area contributed by atoms with E-state index in [2.05, 4.69) is 35.4 Å². The van der Waals surface area contributed by atoms with Crippen LogP contribution in [-0.4, -0.2) is 12.1 Å². The van der Waals surface area contributed by atoms with Gasteiger partial charge < -0.3 is 10.1 Å². The van der Waals surface area contributed by atoms with Gasteiger partial charge in [0.15, 0.2) is 5.13 Å². The summed E-state index contributed by atoms with van der Waals surface area (Å²) < 4.78 is 6.47. The molecular formula is C15H13ClN2OS. The second-order valence-corrected chi connectivity index (χ2v) is 5.93. The molecule has 0 spiro atoms. The number of hydrogen-bond acceptors (Lipinski definition) is 4. The van der Waals surface area contributed by atoms with Crippen molar-refractivity contribution in [3.63, 3.8) is 0 Å². The third kappa shape index (κ3) is 2.57. The number of aromatic nitrogens is 1. The van der Waals surface area contributed by atoms with E-state index in [-0.39, 0.29) is 0 Å². The van der Waals surface area contributed by atoms with Crippen molar-refractivity contribution in [2.24, 2.45) is 0 Å². The fraction of sp³-hybridized carbons (Fsp3) is 0.133. The quantitative estimate of drug-likeness (QED) is 0.738. The highest BCUT2D eigenvalue weighted by Gasteiger charge is 2.08. The van der Waals surface area contributed by atoms with Crippen molar-refractivity contribution in [1.29, 1.82) is 0 Å². The van der Waals surface area contributed by atoms with Gasteiger partial charge in [0.2, 0.25) is 0 Å². The number of benzene rings is 2. The average molecular weight is 305 g/mol. The number of halogens is 1. The Morgan fingerprint density at radius 2 is 2.05 bits per heavy atom. The molecule has 5 heteroatoms. The second kappa shape index (κ2) is 5.31. The summed E-state index contributed by atoms with van der Waals surface area (Å²) in [6.45, 7) is 2.06. The van der Waals surface area contributed by atoms with Crippen LogP contribution in [0.1, 0.15) is 5.56 Å². The normalized spacial score (nSPS) is 10.8. The van der Waals surface area contributed by atoms with Crippen LogP contribution >= 0.6 is 22.9 Å². The van der Waals surface area contributed by atoms with Crippen LogP contribution in [-0.2, 0) is 0 Å². The van der Waals surface area contributed by atoms with E-state index in [0.29, 0.717) is 5.02 Å². The lowest BCUT2D eigenvalue weighted by molar-refractivity contribution is 0.417. The molecule has 0 unspecified atom stereocenters. The Balaban J connectivity index is 1.98. The number of nitrogens with zero attached hydrogens (tertiary/aromatic N) is 1. The van der Waals surface area contributed by atoms with Gasteiger partial charge in [0.25, 0.3) is 0 Å². The molecule has 3 rings (SSSR count). The van der Waals surface area contributed by atoms with Crippen LogP contribution in [0.4, 0.5) is 10.8 Å². The molecule has 0 radical (unpaired) electrons. The van der Waals surface area contributed by atoms with Gasteiger partial charge in [-0.25, -0.2) is 4.98 Å². The first-order valence-electron chi connectivity index (χ1n) is 6.13. The van der Waals surface area contributed by atoms with Crippen LogP contribution < -0.4 is 10.1 Å². The number of methoxy groups -OCH3 is 1. The Morgan fingerprint density at radius 1 is 1.20 bits per heavy atom. The highest BCUT2D eigenvalue weighted by Crippen LogP contribution is 2.34. The number of hydrogen-bond donors (Lipinski definition) is 1. The predicted octanol–water partition coefficient (Wildman–Crippen LogP) is 5.01. The van der Waals surface area contributed by atoms with Crippen LogP contribution in [0.2, 0.25) is 5.02 Å². The molecule has 2 aromatic carbocycles. The van der Waals surface area contributed by atoms with Crippen LogP contribution in [0.5, 0.6) is 5.75 Å². The zero-order valence-corrected chi connectivity index (χ0v) is 12.7. The van der Waals surface area contributed by atoms with E-state index >= 15 is 0 Å². The minimum atomic E-state index is 0.658. The van der Waals surface area contributed by atoms with Crippen molar-refractivity contribution in [3.8, 4) is 5.75 Å². The average Bonchev–Trinajstić information content (AvgIpc) is 2.80. The van der Waals surface area contributed by atoms with E-state index in [9.17, 15) is 0 Å². The lowest BCUT2D eigenvalue weighted by atomic mass is 10.2. The Morgan fingerprint density at radius 3 is 2.85 bits per heavy atom. The summed E-state index contributed by atoms with van der Waals surface area (Å²) in [6, 6.07) is 11.7. The monoisotopic (exact) mass is 304 g/mol. The Kier molecular flexibility index (Phi) is 3.51. The third-order valence-corrected chi connectivity index (χ3v) is 4.13. The van der Waals surface area contributed by atoms with Crippen LogP contribution in [0, 0.1) is 6.92 Å². The van der Waals surface area contributed by atoms with Crippen molar-refractivity contribution in [3.05, 3.63) is 47.0 Å². The lowest BCUT2D eigenvalue weighted by Crippen LogP contribution is -1.93. The molecule has 1 N–H and O–H groups in total. The summed E-state index contributed by atoms with van der Waals surface area (Å²) in [5.74, 6) is 0.741. The van der Waals surface area contributed by atoms with E-state index in [0.717, 1.165) is 26.8 Å². The number of aryl methyl sites for hydroxylation is 1. The maximum Gasteiger partial charge on any atom is 0.188 e. The molecule has 0 aliphatic rings. The molecule has 0 bridgehead atoms. The van der Waals surface area contributed by atoms with Gasteiger partial charge in [0.1, 0.15) is 5.75 Å². The second-order valence-electron chi connectivity index (χ2n) is 4.46. The summed E-state index contributed by atoms with van der Waals surface area (Å²) >= 11 is 7.63.